The summed E-state index contributed by atoms with van der Waals surface area (Å²) in [4.78, 5) is 74.1. The first kappa shape index (κ1) is 37.9. The second-order valence-corrected chi connectivity index (χ2v) is 14.2. The number of ether oxygens (including phenoxy) is 3. The average molecular weight is 691 g/mol. The molecule has 12 heteroatoms. The number of benzene rings is 2. The minimum Gasteiger partial charge on any atom is -0.465 e. The predicted octanol–water partition coefficient (Wildman–Crippen LogP) is 4.84. The highest BCUT2D eigenvalue weighted by Crippen LogP contribution is 2.42. The first-order valence-electron chi connectivity index (χ1n) is 17.2. The Hall–Kier alpha value is -4.87. The van der Waals surface area contributed by atoms with E-state index in [1.54, 1.807) is 40.8 Å². The maximum Gasteiger partial charge on any atom is 0.408 e. The number of nitrogens with one attached hydrogen (secondary N) is 3. The van der Waals surface area contributed by atoms with Gasteiger partial charge in [-0.1, -0.05) is 48.5 Å². The van der Waals surface area contributed by atoms with Gasteiger partial charge in [-0.3, -0.25) is 14.4 Å². The number of rotatable bonds is 12. The predicted molar refractivity (Wildman–Crippen MR) is 188 cm³/mol. The van der Waals surface area contributed by atoms with Crippen molar-refractivity contribution in [2.24, 2.45) is 5.41 Å². The van der Waals surface area contributed by atoms with Gasteiger partial charge >= 0.3 is 18.0 Å². The van der Waals surface area contributed by atoms with Gasteiger partial charge in [0.05, 0.1) is 13.2 Å². The number of carbonyl (C=O) groups excluding carboxylic acids is 5. The Balaban J connectivity index is 1.77. The van der Waals surface area contributed by atoms with E-state index >= 15 is 0 Å². The van der Waals surface area contributed by atoms with Gasteiger partial charge in [0.15, 0.2) is 0 Å². The summed E-state index contributed by atoms with van der Waals surface area (Å²) in [6.07, 6.45) is 1.84. The van der Waals surface area contributed by atoms with Crippen molar-refractivity contribution < 1.29 is 38.2 Å². The number of hydrogen-bond donors (Lipinski definition) is 3. The van der Waals surface area contributed by atoms with E-state index in [2.05, 4.69) is 15.6 Å². The molecule has 0 radical (unpaired) electrons. The van der Waals surface area contributed by atoms with E-state index in [9.17, 15) is 24.0 Å². The molecule has 1 saturated heterocycles. The lowest BCUT2D eigenvalue weighted by Crippen LogP contribution is -2.66. The molecule has 1 aliphatic heterocycles. The second-order valence-electron chi connectivity index (χ2n) is 14.2. The molecule has 3 atom stereocenters. The molecule has 0 saturated carbocycles. The topological polar surface area (TPSA) is 156 Å². The van der Waals surface area contributed by atoms with E-state index in [-0.39, 0.29) is 39.0 Å². The van der Waals surface area contributed by atoms with E-state index in [1.165, 1.54) is 18.7 Å². The van der Waals surface area contributed by atoms with Gasteiger partial charge in [0.1, 0.15) is 28.6 Å². The summed E-state index contributed by atoms with van der Waals surface area (Å²) in [5.41, 5.74) is -1.36. The van der Waals surface area contributed by atoms with Gasteiger partial charge in [0.25, 0.3) is 0 Å². The molecular weight excluding hydrogens is 640 g/mol. The van der Waals surface area contributed by atoms with Crippen LogP contribution >= 0.6 is 0 Å². The number of carbonyl (C=O) groups is 5. The van der Waals surface area contributed by atoms with Gasteiger partial charge in [-0.2, -0.15) is 0 Å². The summed E-state index contributed by atoms with van der Waals surface area (Å²) in [7, 11) is 0. The normalized spacial score (nSPS) is 18.5. The molecule has 3 N–H and O–H groups in total. The Kier molecular flexibility index (Phi) is 12.0. The summed E-state index contributed by atoms with van der Waals surface area (Å²) in [5.74, 6) is -2.55. The Labute approximate surface area is 293 Å². The van der Waals surface area contributed by atoms with Crippen LogP contribution in [0.15, 0.2) is 60.8 Å². The summed E-state index contributed by atoms with van der Waals surface area (Å²) in [6, 6.07) is 14.3. The minimum absolute atomic E-state index is 0.0294. The number of alkyl carbamates (subject to hydrolysis) is 1. The van der Waals surface area contributed by atoms with Crippen LogP contribution in [-0.2, 0) is 46.2 Å². The third kappa shape index (κ3) is 8.83. The Morgan fingerprint density at radius 1 is 0.940 bits per heavy atom. The Morgan fingerprint density at radius 3 is 2.26 bits per heavy atom. The van der Waals surface area contributed by atoms with Crippen molar-refractivity contribution in [1.29, 1.82) is 0 Å². The van der Waals surface area contributed by atoms with Crippen molar-refractivity contribution in [1.82, 2.24) is 20.5 Å². The zero-order valence-corrected chi connectivity index (χ0v) is 30.1. The summed E-state index contributed by atoms with van der Waals surface area (Å²) < 4.78 is 16.5. The van der Waals surface area contributed by atoms with Crippen LogP contribution in [0.1, 0.15) is 72.4 Å². The lowest BCUT2D eigenvalue weighted by atomic mass is 9.68. The fourth-order valence-corrected chi connectivity index (χ4v) is 6.52. The van der Waals surface area contributed by atoms with Crippen molar-refractivity contribution in [3.63, 3.8) is 0 Å². The summed E-state index contributed by atoms with van der Waals surface area (Å²) in [5, 5.41) is 6.32. The van der Waals surface area contributed by atoms with Crippen LogP contribution in [0.3, 0.4) is 0 Å². The molecule has 50 heavy (non-hydrogen) atoms. The van der Waals surface area contributed by atoms with Crippen molar-refractivity contribution in [3.8, 4) is 0 Å². The van der Waals surface area contributed by atoms with E-state index in [0.29, 0.717) is 6.42 Å². The molecule has 3 amide bonds. The molecule has 4 rings (SSSR count). The second kappa shape index (κ2) is 15.8. The van der Waals surface area contributed by atoms with E-state index < -0.39 is 58.5 Å². The van der Waals surface area contributed by atoms with Gasteiger partial charge in [-0.25, -0.2) is 9.59 Å². The first-order valence-corrected chi connectivity index (χ1v) is 17.2. The molecule has 2 aromatic carbocycles. The minimum atomic E-state index is -1.49. The zero-order chi connectivity index (χ0) is 36.7. The highest BCUT2D eigenvalue weighted by atomic mass is 16.6. The largest absolute Gasteiger partial charge is 0.465 e. The molecule has 2 unspecified atom stereocenters. The summed E-state index contributed by atoms with van der Waals surface area (Å²) in [6.45, 7) is 11.8. The molecule has 1 aromatic heterocycles. The number of hydrogen-bond acceptors (Lipinski definition) is 8. The third-order valence-corrected chi connectivity index (χ3v) is 8.78. The van der Waals surface area contributed by atoms with Crippen LogP contribution in [-0.4, -0.2) is 82.7 Å². The lowest BCUT2D eigenvalue weighted by Gasteiger charge is -2.47. The Bertz CT molecular complexity index is 1680. The SMILES string of the molecule is CCOC(=O)C1N(C(=O)[C@@H](Cc2c[nH]c3ccccc23)NC(=O)C(C)(C)NC(=O)OC(C)(C)C)CCCC1(Cc1ccccc1)C(=O)OCC. The highest BCUT2D eigenvalue weighted by molar-refractivity contribution is 5.97. The van der Waals surface area contributed by atoms with E-state index in [1.807, 2.05) is 54.6 Å². The molecule has 2 heterocycles. The number of esters is 2. The molecule has 1 aliphatic rings. The fourth-order valence-electron chi connectivity index (χ4n) is 6.52. The van der Waals surface area contributed by atoms with Crippen LogP contribution < -0.4 is 10.6 Å². The number of H-pyrrole nitrogens is 1. The van der Waals surface area contributed by atoms with E-state index in [0.717, 1.165) is 22.0 Å². The number of likely N-dealkylation sites (tertiary alicyclic amines) is 1. The van der Waals surface area contributed by atoms with Crippen molar-refractivity contribution in [2.45, 2.75) is 97.4 Å². The molecule has 3 aromatic rings. The quantitative estimate of drug-likeness (QED) is 0.180. The number of piperidine rings is 1. The van der Waals surface area contributed by atoms with Gasteiger partial charge in [-0.05, 0) is 84.9 Å². The van der Waals surface area contributed by atoms with Gasteiger partial charge < -0.3 is 34.7 Å². The van der Waals surface area contributed by atoms with Gasteiger partial charge in [0.2, 0.25) is 11.8 Å². The fraction of sp³-hybridized carbons (Fsp3) is 0.500. The van der Waals surface area contributed by atoms with Gasteiger partial charge in [-0.15, -0.1) is 0 Å². The van der Waals surface area contributed by atoms with Crippen molar-refractivity contribution in [2.75, 3.05) is 19.8 Å². The van der Waals surface area contributed by atoms with Crippen molar-refractivity contribution in [3.05, 3.63) is 71.9 Å². The number of fused-ring (bicyclic) bond motifs is 1. The number of nitrogens with zero attached hydrogens (tertiary/aromatic N) is 1. The van der Waals surface area contributed by atoms with Crippen LogP contribution in [0.25, 0.3) is 10.9 Å². The standard InChI is InChI=1S/C38H50N4O8/c1-8-48-32(44)30-38(34(46)49-9-2,23-25-16-11-10-12-17-25)20-15-21-42(30)31(43)29(22-26-24-39-28-19-14-13-18-27(26)28)40-33(45)37(6,7)41-35(47)50-36(3,4)5/h10-14,16-19,24,29-30,39H,8-9,15,20-23H2,1-7H3,(H,40,45)(H,41,47)/t29-,30?,38?/m1/s1. The van der Waals surface area contributed by atoms with Crippen LogP contribution in [0.5, 0.6) is 0 Å². The number of para-hydroxylation sites is 1. The smallest absolute Gasteiger partial charge is 0.408 e. The Morgan fingerprint density at radius 2 is 1.60 bits per heavy atom. The summed E-state index contributed by atoms with van der Waals surface area (Å²) >= 11 is 0. The number of aromatic amines is 1. The molecule has 0 bridgehead atoms. The van der Waals surface area contributed by atoms with Crippen LogP contribution in [0.4, 0.5) is 4.79 Å². The molecular formula is C38H50N4O8. The monoisotopic (exact) mass is 690 g/mol. The van der Waals surface area contributed by atoms with Crippen LogP contribution in [0, 0.1) is 5.41 Å². The molecule has 12 nitrogen and oxygen atoms in total. The number of amides is 3. The maximum atomic E-state index is 14.9. The third-order valence-electron chi connectivity index (χ3n) is 8.78. The zero-order valence-electron chi connectivity index (χ0n) is 30.1. The highest BCUT2D eigenvalue weighted by Gasteiger charge is 2.57. The van der Waals surface area contributed by atoms with E-state index in [4.69, 9.17) is 14.2 Å². The molecule has 0 spiro atoms. The molecule has 0 aliphatic carbocycles. The van der Waals surface area contributed by atoms with Gasteiger partial charge in [0, 0.05) is 30.1 Å². The van der Waals surface area contributed by atoms with Crippen LogP contribution in [0.2, 0.25) is 0 Å². The maximum absolute atomic E-state index is 14.9. The lowest BCUT2D eigenvalue weighted by molar-refractivity contribution is -0.179. The van der Waals surface area contributed by atoms with Crippen molar-refractivity contribution >= 4 is 40.7 Å². The number of aromatic nitrogens is 1. The molecule has 1 fully saturated rings. The molecule has 270 valence electrons. The average Bonchev–Trinajstić information content (AvgIpc) is 3.46. The first-order chi connectivity index (χ1) is 23.6.